The smallest absolute Gasteiger partial charge is 0.432 e. The van der Waals surface area contributed by atoms with Gasteiger partial charge in [0.25, 0.3) is 0 Å². The van der Waals surface area contributed by atoms with E-state index in [-0.39, 0.29) is 12.2 Å². The van der Waals surface area contributed by atoms with Gasteiger partial charge in [-0.3, -0.25) is 0 Å². The summed E-state index contributed by atoms with van der Waals surface area (Å²) in [7, 11) is 0. The third-order valence-electron chi connectivity index (χ3n) is 1.74. The third kappa shape index (κ3) is 4.12. The lowest BCUT2D eigenvalue weighted by molar-refractivity contribution is -0.00263. The van der Waals surface area contributed by atoms with E-state index in [2.05, 4.69) is 0 Å². The summed E-state index contributed by atoms with van der Waals surface area (Å²) >= 11 is 0. The van der Waals surface area contributed by atoms with Crippen LogP contribution in [0.5, 0.6) is 0 Å². The Hall–Kier alpha value is -0.770. The van der Waals surface area contributed by atoms with Crippen LogP contribution >= 0.6 is 0 Å². The fourth-order valence-corrected chi connectivity index (χ4v) is 1.16. The molecule has 0 saturated carbocycles. The van der Waals surface area contributed by atoms with Gasteiger partial charge < -0.3 is 14.2 Å². The second-order valence-electron chi connectivity index (χ2n) is 3.36. The minimum atomic E-state index is -0.606. The van der Waals surface area contributed by atoms with Crippen LogP contribution in [0.1, 0.15) is 26.7 Å². The van der Waals surface area contributed by atoms with Crippen LogP contribution in [0.15, 0.2) is 0 Å². The topological polar surface area (TPSA) is 44.8 Å². The SMILES string of the molecule is CC(C)OC(=O)OCC1CCCO1. The van der Waals surface area contributed by atoms with Crippen LogP contribution in [-0.4, -0.2) is 31.6 Å². The highest BCUT2D eigenvalue weighted by Crippen LogP contribution is 2.12. The van der Waals surface area contributed by atoms with Crippen LogP contribution in [-0.2, 0) is 14.2 Å². The average molecular weight is 188 g/mol. The van der Waals surface area contributed by atoms with Crippen molar-refractivity contribution in [3.8, 4) is 0 Å². The van der Waals surface area contributed by atoms with Crippen molar-refractivity contribution in [2.45, 2.75) is 38.9 Å². The molecule has 0 aromatic heterocycles. The molecule has 0 spiro atoms. The van der Waals surface area contributed by atoms with Crippen molar-refractivity contribution >= 4 is 6.16 Å². The van der Waals surface area contributed by atoms with Gasteiger partial charge in [0.15, 0.2) is 0 Å². The molecule has 4 nitrogen and oxygen atoms in total. The molecule has 13 heavy (non-hydrogen) atoms. The molecule has 76 valence electrons. The Morgan fingerprint density at radius 1 is 1.62 bits per heavy atom. The fraction of sp³-hybridized carbons (Fsp3) is 0.889. The first-order valence-electron chi connectivity index (χ1n) is 4.63. The first-order chi connectivity index (χ1) is 6.18. The summed E-state index contributed by atoms with van der Waals surface area (Å²) < 4.78 is 14.9. The predicted octanol–water partition coefficient (Wildman–Crippen LogP) is 1.73. The van der Waals surface area contributed by atoms with E-state index in [0.717, 1.165) is 19.4 Å². The normalized spacial score (nSPS) is 21.9. The van der Waals surface area contributed by atoms with Crippen LogP contribution in [0, 0.1) is 0 Å². The van der Waals surface area contributed by atoms with Crippen LogP contribution in [0.25, 0.3) is 0 Å². The molecule has 4 heteroatoms. The van der Waals surface area contributed by atoms with Crippen molar-refractivity contribution in [2.75, 3.05) is 13.2 Å². The molecule has 0 aliphatic carbocycles. The van der Waals surface area contributed by atoms with E-state index in [1.165, 1.54) is 0 Å². The van der Waals surface area contributed by atoms with E-state index in [4.69, 9.17) is 14.2 Å². The van der Waals surface area contributed by atoms with Crippen LogP contribution < -0.4 is 0 Å². The molecular weight excluding hydrogens is 172 g/mol. The Labute approximate surface area is 78.2 Å². The van der Waals surface area contributed by atoms with E-state index >= 15 is 0 Å². The van der Waals surface area contributed by atoms with Crippen LogP contribution in [0.2, 0.25) is 0 Å². The molecule has 1 atom stereocenters. The molecule has 1 aliphatic rings. The Morgan fingerprint density at radius 3 is 2.92 bits per heavy atom. The van der Waals surface area contributed by atoms with Gasteiger partial charge in [-0.15, -0.1) is 0 Å². The van der Waals surface area contributed by atoms with E-state index in [1.54, 1.807) is 13.8 Å². The van der Waals surface area contributed by atoms with E-state index in [9.17, 15) is 4.79 Å². The van der Waals surface area contributed by atoms with Crippen molar-refractivity contribution in [1.29, 1.82) is 0 Å². The van der Waals surface area contributed by atoms with E-state index < -0.39 is 6.16 Å². The van der Waals surface area contributed by atoms with Gasteiger partial charge in [-0.2, -0.15) is 0 Å². The van der Waals surface area contributed by atoms with Crippen LogP contribution in [0.3, 0.4) is 0 Å². The van der Waals surface area contributed by atoms with Crippen molar-refractivity contribution in [3.05, 3.63) is 0 Å². The quantitative estimate of drug-likeness (QED) is 0.633. The Kier molecular flexibility index (Phi) is 4.02. The standard InChI is InChI=1S/C9H16O4/c1-7(2)13-9(10)12-6-8-4-3-5-11-8/h7-8H,3-6H2,1-2H3. The largest absolute Gasteiger partial charge is 0.508 e. The van der Waals surface area contributed by atoms with E-state index in [0.29, 0.717) is 6.61 Å². The number of hydrogen-bond donors (Lipinski definition) is 0. The van der Waals surface area contributed by atoms with Gasteiger partial charge >= 0.3 is 6.16 Å². The number of rotatable bonds is 3. The monoisotopic (exact) mass is 188 g/mol. The van der Waals surface area contributed by atoms with Gasteiger partial charge in [-0.1, -0.05) is 0 Å². The summed E-state index contributed by atoms with van der Waals surface area (Å²) in [5, 5.41) is 0. The summed E-state index contributed by atoms with van der Waals surface area (Å²) in [4.78, 5) is 10.9. The van der Waals surface area contributed by atoms with Gasteiger partial charge in [0.05, 0.1) is 12.2 Å². The second kappa shape index (κ2) is 5.07. The maximum Gasteiger partial charge on any atom is 0.508 e. The van der Waals surface area contributed by atoms with Gasteiger partial charge in [0, 0.05) is 6.61 Å². The highest BCUT2D eigenvalue weighted by Gasteiger charge is 2.18. The van der Waals surface area contributed by atoms with Crippen molar-refractivity contribution in [1.82, 2.24) is 0 Å². The summed E-state index contributed by atoms with van der Waals surface area (Å²) in [6.45, 7) is 4.65. The zero-order chi connectivity index (χ0) is 9.68. The van der Waals surface area contributed by atoms with Crippen molar-refractivity contribution in [3.63, 3.8) is 0 Å². The Morgan fingerprint density at radius 2 is 2.38 bits per heavy atom. The molecule has 0 aromatic rings. The van der Waals surface area contributed by atoms with Gasteiger partial charge in [0.1, 0.15) is 6.61 Å². The summed E-state index contributed by atoms with van der Waals surface area (Å²) in [5.41, 5.74) is 0. The molecule has 1 unspecified atom stereocenters. The maximum absolute atomic E-state index is 10.9. The zero-order valence-electron chi connectivity index (χ0n) is 8.12. The minimum Gasteiger partial charge on any atom is -0.432 e. The predicted molar refractivity (Wildman–Crippen MR) is 46.5 cm³/mol. The first kappa shape index (κ1) is 10.3. The Balaban J connectivity index is 2.07. The highest BCUT2D eigenvalue weighted by atomic mass is 16.7. The van der Waals surface area contributed by atoms with Gasteiger partial charge in [-0.05, 0) is 26.7 Å². The number of ether oxygens (including phenoxy) is 3. The highest BCUT2D eigenvalue weighted by molar-refractivity contribution is 5.60. The number of carbonyl (C=O) groups is 1. The summed E-state index contributed by atoms with van der Waals surface area (Å²) in [5.74, 6) is 0. The molecule has 1 fully saturated rings. The zero-order valence-corrected chi connectivity index (χ0v) is 8.12. The van der Waals surface area contributed by atoms with E-state index in [1.807, 2.05) is 0 Å². The molecule has 1 saturated heterocycles. The molecule has 1 heterocycles. The molecule has 0 aromatic carbocycles. The molecule has 1 rings (SSSR count). The summed E-state index contributed by atoms with van der Waals surface area (Å²) in [6, 6.07) is 0. The second-order valence-corrected chi connectivity index (χ2v) is 3.36. The molecule has 1 aliphatic heterocycles. The molecule has 0 radical (unpaired) electrons. The van der Waals surface area contributed by atoms with Crippen molar-refractivity contribution < 1.29 is 19.0 Å². The lowest BCUT2D eigenvalue weighted by Crippen LogP contribution is -2.20. The van der Waals surface area contributed by atoms with Gasteiger partial charge in [0.2, 0.25) is 0 Å². The van der Waals surface area contributed by atoms with Crippen LogP contribution in [0.4, 0.5) is 4.79 Å². The Bertz CT molecular complexity index is 161. The molecular formula is C9H16O4. The number of carbonyl (C=O) groups excluding carboxylic acids is 1. The van der Waals surface area contributed by atoms with Gasteiger partial charge in [-0.25, -0.2) is 4.79 Å². The minimum absolute atomic E-state index is 0.0692. The lowest BCUT2D eigenvalue weighted by atomic mass is 10.2. The molecule has 0 N–H and O–H groups in total. The summed E-state index contributed by atoms with van der Waals surface area (Å²) in [6.07, 6.45) is 1.35. The first-order valence-corrected chi connectivity index (χ1v) is 4.63. The lowest BCUT2D eigenvalue weighted by Gasteiger charge is -2.11. The molecule has 0 bridgehead atoms. The average Bonchev–Trinajstić information content (AvgIpc) is 2.51. The third-order valence-corrected chi connectivity index (χ3v) is 1.74. The molecule has 0 amide bonds. The van der Waals surface area contributed by atoms with Crippen molar-refractivity contribution in [2.24, 2.45) is 0 Å². The number of hydrogen-bond acceptors (Lipinski definition) is 4. The fourth-order valence-electron chi connectivity index (χ4n) is 1.16. The maximum atomic E-state index is 10.9.